The zero-order chi connectivity index (χ0) is 14.1. The Morgan fingerprint density at radius 3 is 2.95 bits per heavy atom. The van der Waals surface area contributed by atoms with Gasteiger partial charge in [-0.15, -0.1) is 0 Å². The zero-order valence-electron chi connectivity index (χ0n) is 10.9. The van der Waals surface area contributed by atoms with Gasteiger partial charge in [0.15, 0.2) is 0 Å². The zero-order valence-corrected chi connectivity index (χ0v) is 10.9. The third-order valence-corrected chi connectivity index (χ3v) is 2.52. The average molecular weight is 262 g/mol. The maximum atomic E-state index is 11.4. The first-order valence-corrected chi connectivity index (χ1v) is 5.97. The molecule has 0 saturated heterocycles. The molecule has 4 N–H and O–H groups in total. The van der Waals surface area contributed by atoms with E-state index in [2.05, 4.69) is 10.6 Å². The Bertz CT molecular complexity index is 468. The highest BCUT2D eigenvalue weighted by molar-refractivity contribution is 5.77. The molecule has 0 aliphatic rings. The quantitative estimate of drug-likeness (QED) is 0.496. The lowest BCUT2D eigenvalue weighted by atomic mass is 10.1. The maximum Gasteiger partial charge on any atom is 0.221 e. The molecule has 0 aliphatic carbocycles. The standard InChI is InChI=1S/C13H18N4O2/c1-19-8-7-17-12(18)5-6-16-11-4-2-3-10(9-14)13(11)15/h2-4,16H,5-8,15H2,1H3,(H,17,18). The van der Waals surface area contributed by atoms with Crippen LogP contribution in [-0.4, -0.2) is 32.7 Å². The van der Waals surface area contributed by atoms with Crippen molar-refractivity contribution in [3.63, 3.8) is 0 Å². The fourth-order valence-corrected chi connectivity index (χ4v) is 1.51. The molecular formula is C13H18N4O2. The summed E-state index contributed by atoms with van der Waals surface area (Å²) in [6, 6.07) is 7.18. The van der Waals surface area contributed by atoms with Crippen molar-refractivity contribution in [2.45, 2.75) is 6.42 Å². The van der Waals surface area contributed by atoms with E-state index in [1.54, 1.807) is 25.3 Å². The van der Waals surface area contributed by atoms with Crippen molar-refractivity contribution >= 4 is 17.3 Å². The third kappa shape index (κ3) is 4.85. The van der Waals surface area contributed by atoms with Crippen LogP contribution in [0.15, 0.2) is 18.2 Å². The van der Waals surface area contributed by atoms with Crippen LogP contribution in [0.3, 0.4) is 0 Å². The van der Waals surface area contributed by atoms with Crippen LogP contribution in [0, 0.1) is 11.3 Å². The highest BCUT2D eigenvalue weighted by Crippen LogP contribution is 2.21. The number of hydrogen-bond donors (Lipinski definition) is 3. The van der Waals surface area contributed by atoms with Crippen molar-refractivity contribution in [2.24, 2.45) is 0 Å². The number of ether oxygens (including phenoxy) is 1. The Kier molecular flexibility index (Phi) is 6.19. The van der Waals surface area contributed by atoms with Crippen molar-refractivity contribution in [2.75, 3.05) is 37.9 Å². The molecule has 0 aliphatic heterocycles. The van der Waals surface area contributed by atoms with E-state index < -0.39 is 0 Å². The van der Waals surface area contributed by atoms with Gasteiger partial charge in [0, 0.05) is 26.6 Å². The molecule has 1 aromatic rings. The monoisotopic (exact) mass is 262 g/mol. The number of nitrogen functional groups attached to an aromatic ring is 1. The third-order valence-electron chi connectivity index (χ3n) is 2.52. The minimum Gasteiger partial charge on any atom is -0.396 e. The van der Waals surface area contributed by atoms with Crippen LogP contribution in [-0.2, 0) is 9.53 Å². The Morgan fingerprint density at radius 2 is 2.26 bits per heavy atom. The van der Waals surface area contributed by atoms with Gasteiger partial charge in [-0.1, -0.05) is 6.07 Å². The number of carbonyl (C=O) groups excluding carboxylic acids is 1. The summed E-state index contributed by atoms with van der Waals surface area (Å²) < 4.78 is 4.83. The molecule has 1 amide bonds. The van der Waals surface area contributed by atoms with Gasteiger partial charge in [0.05, 0.1) is 23.5 Å². The number of nitrogens with one attached hydrogen (secondary N) is 2. The van der Waals surface area contributed by atoms with Crippen LogP contribution >= 0.6 is 0 Å². The summed E-state index contributed by atoms with van der Waals surface area (Å²) in [5.74, 6) is -0.0560. The van der Waals surface area contributed by atoms with E-state index in [1.165, 1.54) is 0 Å². The molecule has 0 atom stereocenters. The number of rotatable bonds is 7. The smallest absolute Gasteiger partial charge is 0.221 e. The highest BCUT2D eigenvalue weighted by atomic mass is 16.5. The number of hydrogen-bond acceptors (Lipinski definition) is 5. The molecule has 0 unspecified atom stereocenters. The Morgan fingerprint density at radius 1 is 1.47 bits per heavy atom. The molecule has 0 saturated carbocycles. The van der Waals surface area contributed by atoms with Crippen LogP contribution in [0.4, 0.5) is 11.4 Å². The topological polar surface area (TPSA) is 100 Å². The minimum absolute atomic E-state index is 0.0560. The lowest BCUT2D eigenvalue weighted by Gasteiger charge is -2.10. The summed E-state index contributed by atoms with van der Waals surface area (Å²) in [4.78, 5) is 11.4. The van der Waals surface area contributed by atoms with Gasteiger partial charge in [-0.3, -0.25) is 4.79 Å². The molecule has 0 radical (unpaired) electrons. The van der Waals surface area contributed by atoms with Gasteiger partial charge in [0.1, 0.15) is 6.07 Å². The summed E-state index contributed by atoms with van der Waals surface area (Å²) in [7, 11) is 1.58. The largest absolute Gasteiger partial charge is 0.396 e. The molecule has 1 rings (SSSR count). The number of benzene rings is 1. The molecule has 6 nitrogen and oxygen atoms in total. The number of anilines is 2. The van der Waals surface area contributed by atoms with Crippen molar-refractivity contribution < 1.29 is 9.53 Å². The SMILES string of the molecule is COCCNC(=O)CCNc1cccc(C#N)c1N. The average Bonchev–Trinajstić information content (AvgIpc) is 2.41. The van der Waals surface area contributed by atoms with E-state index >= 15 is 0 Å². The molecule has 0 spiro atoms. The Balaban J connectivity index is 2.37. The number of amides is 1. The highest BCUT2D eigenvalue weighted by Gasteiger charge is 2.05. The number of nitrogens with two attached hydrogens (primary N) is 1. The van der Waals surface area contributed by atoms with Crippen LogP contribution in [0.2, 0.25) is 0 Å². The van der Waals surface area contributed by atoms with Gasteiger partial charge in [0.25, 0.3) is 0 Å². The van der Waals surface area contributed by atoms with Gasteiger partial charge in [0.2, 0.25) is 5.91 Å². The Hall–Kier alpha value is -2.26. The molecule has 0 heterocycles. The van der Waals surface area contributed by atoms with E-state index in [-0.39, 0.29) is 5.91 Å². The molecule has 102 valence electrons. The number of methoxy groups -OCH3 is 1. The van der Waals surface area contributed by atoms with Crippen LogP contribution < -0.4 is 16.4 Å². The second-order valence-corrected chi connectivity index (χ2v) is 3.90. The summed E-state index contributed by atoms with van der Waals surface area (Å²) in [5.41, 5.74) is 7.31. The predicted molar refractivity (Wildman–Crippen MR) is 73.6 cm³/mol. The van der Waals surface area contributed by atoms with E-state index in [4.69, 9.17) is 15.7 Å². The molecule has 0 bridgehead atoms. The van der Waals surface area contributed by atoms with Gasteiger partial charge < -0.3 is 21.1 Å². The number of nitrogens with zero attached hydrogens (tertiary/aromatic N) is 1. The van der Waals surface area contributed by atoms with Crippen molar-refractivity contribution in [3.8, 4) is 6.07 Å². The van der Waals surface area contributed by atoms with Crippen molar-refractivity contribution in [1.29, 1.82) is 5.26 Å². The summed E-state index contributed by atoms with van der Waals surface area (Å²) in [6.45, 7) is 1.45. The first-order chi connectivity index (χ1) is 9.19. The molecule has 1 aromatic carbocycles. The van der Waals surface area contributed by atoms with Crippen molar-refractivity contribution in [3.05, 3.63) is 23.8 Å². The molecular weight excluding hydrogens is 244 g/mol. The summed E-state index contributed by atoms with van der Waals surface area (Å²) in [5, 5.41) is 14.6. The van der Waals surface area contributed by atoms with E-state index in [0.29, 0.717) is 43.1 Å². The lowest BCUT2D eigenvalue weighted by molar-refractivity contribution is -0.121. The van der Waals surface area contributed by atoms with Gasteiger partial charge in [-0.2, -0.15) is 5.26 Å². The van der Waals surface area contributed by atoms with Crippen LogP contribution in [0.25, 0.3) is 0 Å². The molecule has 0 fully saturated rings. The van der Waals surface area contributed by atoms with E-state index in [1.807, 2.05) is 6.07 Å². The first kappa shape index (κ1) is 14.8. The van der Waals surface area contributed by atoms with Crippen LogP contribution in [0.1, 0.15) is 12.0 Å². The second kappa shape index (κ2) is 7.95. The lowest BCUT2D eigenvalue weighted by Crippen LogP contribution is -2.28. The van der Waals surface area contributed by atoms with E-state index in [9.17, 15) is 4.79 Å². The first-order valence-electron chi connectivity index (χ1n) is 5.97. The van der Waals surface area contributed by atoms with Gasteiger partial charge in [-0.25, -0.2) is 0 Å². The van der Waals surface area contributed by atoms with E-state index in [0.717, 1.165) is 0 Å². The summed E-state index contributed by atoms with van der Waals surface area (Å²) in [6.07, 6.45) is 0.333. The minimum atomic E-state index is -0.0560. The fraction of sp³-hybridized carbons (Fsp3) is 0.385. The molecule has 6 heteroatoms. The maximum absolute atomic E-state index is 11.4. The van der Waals surface area contributed by atoms with Gasteiger partial charge in [-0.05, 0) is 12.1 Å². The second-order valence-electron chi connectivity index (χ2n) is 3.90. The predicted octanol–water partition coefficient (Wildman–Crippen LogP) is 0.705. The number of para-hydroxylation sites is 1. The Labute approximate surface area is 112 Å². The molecule has 19 heavy (non-hydrogen) atoms. The number of nitriles is 1. The van der Waals surface area contributed by atoms with Gasteiger partial charge >= 0.3 is 0 Å². The van der Waals surface area contributed by atoms with Crippen molar-refractivity contribution in [1.82, 2.24) is 5.32 Å². The normalized spacial score (nSPS) is 9.68. The number of carbonyl (C=O) groups is 1. The molecule has 0 aromatic heterocycles. The van der Waals surface area contributed by atoms with Crippen LogP contribution in [0.5, 0.6) is 0 Å². The summed E-state index contributed by atoms with van der Waals surface area (Å²) >= 11 is 0. The fourth-order valence-electron chi connectivity index (χ4n) is 1.51.